The van der Waals surface area contributed by atoms with E-state index in [-0.39, 0.29) is 6.04 Å². The number of hydrogen-bond acceptors (Lipinski definition) is 4. The largest absolute Gasteiger partial charge is 0.490 e. The number of thioether (sulfide) groups is 1. The van der Waals surface area contributed by atoms with Crippen LogP contribution in [0, 0.1) is 0 Å². The molecule has 102 valence electrons. The Balaban J connectivity index is 2.61. The Labute approximate surface area is 118 Å². The molecular weight excluding hydrogens is 270 g/mol. The quantitative estimate of drug-likeness (QED) is 0.747. The first kappa shape index (κ1) is 15.6. The van der Waals surface area contributed by atoms with E-state index in [0.717, 1.165) is 17.7 Å². The standard InChI is InChI=1S/C13H20ClNO2S/c1-16-5-6-17-13-8-10(3-4-12(13)14)7-11(15)9-18-2/h3-4,8,11H,5-7,9,15H2,1-2H3/t11-/m1/s1. The van der Waals surface area contributed by atoms with Crippen molar-refractivity contribution in [1.82, 2.24) is 0 Å². The average molecular weight is 290 g/mol. The van der Waals surface area contributed by atoms with Crippen molar-refractivity contribution >= 4 is 23.4 Å². The number of methoxy groups -OCH3 is 1. The summed E-state index contributed by atoms with van der Waals surface area (Å²) in [5.74, 6) is 1.64. The average Bonchev–Trinajstić information content (AvgIpc) is 2.34. The first-order chi connectivity index (χ1) is 8.67. The van der Waals surface area contributed by atoms with Crippen LogP contribution in [0.1, 0.15) is 5.56 Å². The summed E-state index contributed by atoms with van der Waals surface area (Å²) in [6.07, 6.45) is 2.89. The summed E-state index contributed by atoms with van der Waals surface area (Å²) in [6.45, 7) is 1.04. The molecule has 0 aliphatic rings. The monoisotopic (exact) mass is 289 g/mol. The lowest BCUT2D eigenvalue weighted by atomic mass is 10.1. The topological polar surface area (TPSA) is 44.5 Å². The van der Waals surface area contributed by atoms with Crippen molar-refractivity contribution < 1.29 is 9.47 Å². The number of ether oxygens (including phenoxy) is 2. The van der Waals surface area contributed by atoms with Crippen LogP contribution in [0.25, 0.3) is 0 Å². The maximum absolute atomic E-state index is 6.07. The lowest BCUT2D eigenvalue weighted by molar-refractivity contribution is 0.146. The van der Waals surface area contributed by atoms with Gasteiger partial charge in [-0.25, -0.2) is 0 Å². The second kappa shape index (κ2) is 8.64. The SMILES string of the molecule is COCCOc1cc(C[C@@H](N)CSC)ccc1Cl. The van der Waals surface area contributed by atoms with E-state index in [1.807, 2.05) is 18.2 Å². The summed E-state index contributed by atoms with van der Waals surface area (Å²) < 4.78 is 10.5. The molecule has 0 amide bonds. The van der Waals surface area contributed by atoms with Crippen LogP contribution in [0.2, 0.25) is 5.02 Å². The molecular formula is C13H20ClNO2S. The zero-order chi connectivity index (χ0) is 13.4. The fourth-order valence-corrected chi connectivity index (χ4v) is 2.31. The molecule has 0 saturated heterocycles. The predicted molar refractivity (Wildman–Crippen MR) is 78.9 cm³/mol. The maximum atomic E-state index is 6.07. The molecule has 0 aliphatic carbocycles. The van der Waals surface area contributed by atoms with Gasteiger partial charge in [-0.2, -0.15) is 11.8 Å². The van der Waals surface area contributed by atoms with Gasteiger partial charge in [-0.15, -0.1) is 0 Å². The molecule has 18 heavy (non-hydrogen) atoms. The zero-order valence-corrected chi connectivity index (χ0v) is 12.4. The summed E-state index contributed by atoms with van der Waals surface area (Å²) in [6, 6.07) is 5.96. The van der Waals surface area contributed by atoms with Crippen LogP contribution in [0.4, 0.5) is 0 Å². The van der Waals surface area contributed by atoms with Crippen molar-refractivity contribution in [3.8, 4) is 5.75 Å². The lowest BCUT2D eigenvalue weighted by Crippen LogP contribution is -2.25. The van der Waals surface area contributed by atoms with Gasteiger partial charge < -0.3 is 15.2 Å². The highest BCUT2D eigenvalue weighted by molar-refractivity contribution is 7.98. The molecule has 5 heteroatoms. The van der Waals surface area contributed by atoms with Crippen molar-refractivity contribution in [3.05, 3.63) is 28.8 Å². The Morgan fingerprint density at radius 1 is 1.39 bits per heavy atom. The summed E-state index contributed by atoms with van der Waals surface area (Å²) in [4.78, 5) is 0. The van der Waals surface area contributed by atoms with Crippen LogP contribution in [0.3, 0.4) is 0 Å². The van der Waals surface area contributed by atoms with Crippen LogP contribution in [-0.2, 0) is 11.2 Å². The minimum absolute atomic E-state index is 0.160. The Morgan fingerprint density at radius 2 is 2.17 bits per heavy atom. The molecule has 0 bridgehead atoms. The second-order valence-electron chi connectivity index (χ2n) is 4.03. The minimum Gasteiger partial charge on any atom is -0.490 e. The van der Waals surface area contributed by atoms with Crippen molar-refractivity contribution in [1.29, 1.82) is 0 Å². The summed E-state index contributed by atoms with van der Waals surface area (Å²) in [5.41, 5.74) is 7.16. The van der Waals surface area contributed by atoms with E-state index in [4.69, 9.17) is 26.8 Å². The normalized spacial score (nSPS) is 12.4. The zero-order valence-electron chi connectivity index (χ0n) is 10.8. The van der Waals surface area contributed by atoms with Gasteiger partial charge in [-0.05, 0) is 30.4 Å². The maximum Gasteiger partial charge on any atom is 0.138 e. The van der Waals surface area contributed by atoms with Gasteiger partial charge in [0.15, 0.2) is 0 Å². The Kier molecular flexibility index (Phi) is 7.51. The third kappa shape index (κ3) is 5.48. The molecule has 0 saturated carbocycles. The highest BCUT2D eigenvalue weighted by Crippen LogP contribution is 2.26. The summed E-state index contributed by atoms with van der Waals surface area (Å²) in [7, 11) is 1.64. The first-order valence-corrected chi connectivity index (χ1v) is 7.59. The van der Waals surface area contributed by atoms with Crippen LogP contribution in [0.15, 0.2) is 18.2 Å². The van der Waals surface area contributed by atoms with Crippen molar-refractivity contribution in [2.45, 2.75) is 12.5 Å². The van der Waals surface area contributed by atoms with Gasteiger partial charge in [-0.1, -0.05) is 17.7 Å². The summed E-state index contributed by atoms with van der Waals surface area (Å²) >= 11 is 7.83. The van der Waals surface area contributed by atoms with Gasteiger partial charge >= 0.3 is 0 Å². The number of halogens is 1. The van der Waals surface area contributed by atoms with Gasteiger partial charge in [0.1, 0.15) is 12.4 Å². The molecule has 1 aromatic rings. The van der Waals surface area contributed by atoms with Gasteiger partial charge in [-0.3, -0.25) is 0 Å². The molecule has 0 heterocycles. The Bertz CT molecular complexity index is 363. The van der Waals surface area contributed by atoms with E-state index in [1.54, 1.807) is 18.9 Å². The van der Waals surface area contributed by atoms with Gasteiger partial charge in [0, 0.05) is 18.9 Å². The second-order valence-corrected chi connectivity index (χ2v) is 5.34. The first-order valence-electron chi connectivity index (χ1n) is 5.82. The third-order valence-corrected chi connectivity index (χ3v) is 3.49. The van der Waals surface area contributed by atoms with Gasteiger partial charge in [0.05, 0.1) is 11.6 Å². The molecule has 0 spiro atoms. The highest BCUT2D eigenvalue weighted by Gasteiger charge is 2.07. The number of benzene rings is 1. The van der Waals surface area contributed by atoms with E-state index in [9.17, 15) is 0 Å². The molecule has 0 fully saturated rings. The van der Waals surface area contributed by atoms with E-state index >= 15 is 0 Å². The fourth-order valence-electron chi connectivity index (χ4n) is 1.60. The Hall–Kier alpha value is -0.420. The van der Waals surface area contributed by atoms with Crippen molar-refractivity contribution in [2.24, 2.45) is 5.73 Å². The fraction of sp³-hybridized carbons (Fsp3) is 0.538. The molecule has 0 aliphatic heterocycles. The molecule has 0 unspecified atom stereocenters. The molecule has 2 N–H and O–H groups in total. The van der Waals surface area contributed by atoms with Crippen molar-refractivity contribution in [3.63, 3.8) is 0 Å². The van der Waals surface area contributed by atoms with Crippen LogP contribution in [0.5, 0.6) is 5.75 Å². The molecule has 1 rings (SSSR count). The predicted octanol–water partition coefficient (Wildman–Crippen LogP) is 2.60. The number of hydrogen-bond donors (Lipinski definition) is 1. The van der Waals surface area contributed by atoms with E-state index in [1.165, 1.54) is 0 Å². The molecule has 1 atom stereocenters. The molecule has 1 aromatic carbocycles. The van der Waals surface area contributed by atoms with Gasteiger partial charge in [0.2, 0.25) is 0 Å². The Morgan fingerprint density at radius 3 is 2.83 bits per heavy atom. The summed E-state index contributed by atoms with van der Waals surface area (Å²) in [5, 5.41) is 0.619. The van der Waals surface area contributed by atoms with Crippen LogP contribution < -0.4 is 10.5 Å². The number of nitrogens with two attached hydrogens (primary N) is 1. The smallest absolute Gasteiger partial charge is 0.138 e. The molecule has 0 radical (unpaired) electrons. The van der Waals surface area contributed by atoms with E-state index < -0.39 is 0 Å². The number of rotatable bonds is 8. The molecule has 3 nitrogen and oxygen atoms in total. The van der Waals surface area contributed by atoms with Gasteiger partial charge in [0.25, 0.3) is 0 Å². The van der Waals surface area contributed by atoms with E-state index in [0.29, 0.717) is 24.0 Å². The highest BCUT2D eigenvalue weighted by atomic mass is 35.5. The third-order valence-electron chi connectivity index (χ3n) is 2.42. The van der Waals surface area contributed by atoms with E-state index in [2.05, 4.69) is 6.26 Å². The van der Waals surface area contributed by atoms with Crippen molar-refractivity contribution in [2.75, 3.05) is 32.3 Å². The lowest BCUT2D eigenvalue weighted by Gasteiger charge is -2.12. The molecule has 0 aromatic heterocycles. The van der Waals surface area contributed by atoms with Crippen LogP contribution >= 0.6 is 23.4 Å². The minimum atomic E-state index is 0.160. The van der Waals surface area contributed by atoms with Crippen LogP contribution in [-0.4, -0.2) is 38.4 Å².